The van der Waals surface area contributed by atoms with E-state index in [-0.39, 0.29) is 0 Å². The van der Waals surface area contributed by atoms with Gasteiger partial charge in [0.2, 0.25) is 11.8 Å². The minimum absolute atomic E-state index is 0.709. The minimum Gasteiger partial charge on any atom is -0.494 e. The fourth-order valence-corrected chi connectivity index (χ4v) is 1.33. The van der Waals surface area contributed by atoms with Crippen molar-refractivity contribution >= 4 is 5.91 Å². The topological polar surface area (TPSA) is 73.1 Å². The molecule has 0 bridgehead atoms. The summed E-state index contributed by atoms with van der Waals surface area (Å²) in [6.07, 6.45) is -5.66. The number of halogens is 3. The number of nitriles is 1. The van der Waals surface area contributed by atoms with Crippen molar-refractivity contribution in [1.82, 2.24) is 5.32 Å². The first-order valence-electron chi connectivity index (χ1n) is 3.93. The second-order valence-corrected chi connectivity index (χ2v) is 3.39. The van der Waals surface area contributed by atoms with Crippen LogP contribution in [0.3, 0.4) is 0 Å². The Hall–Kier alpha value is -1.71. The molecule has 2 N–H and O–H groups in total. The lowest BCUT2D eigenvalue weighted by Crippen LogP contribution is -2.46. The molecule has 0 saturated carbocycles. The zero-order valence-electron chi connectivity index (χ0n) is 7.64. The van der Waals surface area contributed by atoms with Gasteiger partial charge in [-0.2, -0.15) is 18.4 Å². The van der Waals surface area contributed by atoms with Crippen molar-refractivity contribution < 1.29 is 23.1 Å². The zero-order valence-corrected chi connectivity index (χ0v) is 7.64. The van der Waals surface area contributed by atoms with Gasteiger partial charge in [0.05, 0.1) is 0 Å². The highest BCUT2D eigenvalue weighted by atomic mass is 19.4. The fourth-order valence-electron chi connectivity index (χ4n) is 1.33. The lowest BCUT2D eigenvalue weighted by atomic mass is 9.77. The molecule has 0 fully saturated rings. The van der Waals surface area contributed by atoms with Crippen molar-refractivity contribution in [2.24, 2.45) is 5.41 Å². The third-order valence-electron chi connectivity index (χ3n) is 2.30. The van der Waals surface area contributed by atoms with Crippen LogP contribution in [-0.4, -0.2) is 17.2 Å². The number of allylic oxidation sites excluding steroid dienone is 1. The van der Waals surface area contributed by atoms with Crippen LogP contribution in [0.25, 0.3) is 0 Å². The molecule has 1 aliphatic rings. The van der Waals surface area contributed by atoms with Gasteiger partial charge in [-0.05, 0) is 6.92 Å². The maximum Gasteiger partial charge on any atom is 0.399 e. The number of aliphatic hydroxyl groups is 1. The van der Waals surface area contributed by atoms with Crippen LogP contribution in [0.4, 0.5) is 13.2 Å². The Balaban J connectivity index is 3.35. The Morgan fingerprint density at radius 1 is 1.60 bits per heavy atom. The third kappa shape index (κ3) is 1.63. The number of aliphatic hydroxyl groups excluding tert-OH is 1. The van der Waals surface area contributed by atoms with Crippen LogP contribution in [0.5, 0.6) is 0 Å². The number of hydrogen-bond acceptors (Lipinski definition) is 3. The van der Waals surface area contributed by atoms with E-state index in [0.717, 1.165) is 0 Å². The van der Waals surface area contributed by atoms with E-state index < -0.39 is 35.4 Å². The molecule has 0 aromatic heterocycles. The van der Waals surface area contributed by atoms with Gasteiger partial charge in [0.1, 0.15) is 17.1 Å². The van der Waals surface area contributed by atoms with E-state index in [0.29, 0.717) is 6.92 Å². The largest absolute Gasteiger partial charge is 0.494 e. The number of nitrogens with one attached hydrogen (secondary N) is 1. The van der Waals surface area contributed by atoms with Gasteiger partial charge in [-0.1, -0.05) is 0 Å². The SMILES string of the molecule is C[C@@]1(C(F)(F)F)CC(=O)NC(O)=C1C#N. The summed E-state index contributed by atoms with van der Waals surface area (Å²) in [5.74, 6) is -1.99. The van der Waals surface area contributed by atoms with E-state index in [1.807, 2.05) is 0 Å². The average Bonchev–Trinajstić information content (AvgIpc) is 2.00. The second-order valence-electron chi connectivity index (χ2n) is 3.39. The summed E-state index contributed by atoms with van der Waals surface area (Å²) >= 11 is 0. The van der Waals surface area contributed by atoms with E-state index in [9.17, 15) is 18.0 Å². The molecule has 1 heterocycles. The van der Waals surface area contributed by atoms with E-state index in [2.05, 4.69) is 0 Å². The highest BCUT2D eigenvalue weighted by Gasteiger charge is 2.58. The van der Waals surface area contributed by atoms with Crippen molar-refractivity contribution in [3.05, 3.63) is 11.5 Å². The molecule has 1 aliphatic heterocycles. The molecular weight excluding hydrogens is 213 g/mol. The predicted octanol–water partition coefficient (Wildman–Crippen LogP) is 1.37. The van der Waals surface area contributed by atoms with Crippen molar-refractivity contribution in [3.63, 3.8) is 0 Å². The van der Waals surface area contributed by atoms with Gasteiger partial charge in [-0.25, -0.2) is 0 Å². The summed E-state index contributed by atoms with van der Waals surface area (Å²) in [6, 6.07) is 1.27. The molecule has 0 saturated heterocycles. The standard InChI is InChI=1S/C8H7F3N2O2/c1-7(8(9,10)11)2-5(14)13-6(15)4(7)3-12/h15H,2H2,1H3,(H,13,14)/t7-/m1/s1. The van der Waals surface area contributed by atoms with Crippen molar-refractivity contribution in [2.75, 3.05) is 0 Å². The van der Waals surface area contributed by atoms with Crippen LogP contribution in [0.15, 0.2) is 11.5 Å². The van der Waals surface area contributed by atoms with Gasteiger partial charge in [0.15, 0.2) is 0 Å². The normalized spacial score (nSPS) is 27.3. The molecule has 0 radical (unpaired) electrons. The highest BCUT2D eigenvalue weighted by molar-refractivity contribution is 5.81. The van der Waals surface area contributed by atoms with Gasteiger partial charge in [0.25, 0.3) is 0 Å². The van der Waals surface area contributed by atoms with Crippen LogP contribution in [0, 0.1) is 16.7 Å². The lowest BCUT2D eigenvalue weighted by molar-refractivity contribution is -0.208. The van der Waals surface area contributed by atoms with Crippen LogP contribution in [-0.2, 0) is 4.79 Å². The Morgan fingerprint density at radius 2 is 2.13 bits per heavy atom. The van der Waals surface area contributed by atoms with Gasteiger partial charge >= 0.3 is 6.18 Å². The molecule has 15 heavy (non-hydrogen) atoms. The summed E-state index contributed by atoms with van der Waals surface area (Å²) in [5, 5.41) is 19.4. The molecule has 7 heteroatoms. The number of rotatable bonds is 0. The van der Waals surface area contributed by atoms with E-state index in [1.54, 1.807) is 5.32 Å². The molecule has 0 aliphatic carbocycles. The first-order valence-corrected chi connectivity index (χ1v) is 3.93. The summed E-state index contributed by atoms with van der Waals surface area (Å²) in [5.41, 5.74) is -3.48. The number of carbonyl (C=O) groups is 1. The van der Waals surface area contributed by atoms with Gasteiger partial charge in [-0.15, -0.1) is 0 Å². The van der Waals surface area contributed by atoms with Crippen LogP contribution in [0.1, 0.15) is 13.3 Å². The second kappa shape index (κ2) is 3.15. The maximum atomic E-state index is 12.6. The van der Waals surface area contributed by atoms with Gasteiger partial charge in [0, 0.05) is 6.42 Å². The molecule has 1 rings (SSSR count). The average molecular weight is 220 g/mol. The Morgan fingerprint density at radius 3 is 2.53 bits per heavy atom. The maximum absolute atomic E-state index is 12.6. The number of alkyl halides is 3. The molecule has 0 spiro atoms. The van der Waals surface area contributed by atoms with E-state index >= 15 is 0 Å². The molecule has 0 aromatic rings. The van der Waals surface area contributed by atoms with E-state index in [1.165, 1.54) is 6.07 Å². The summed E-state index contributed by atoms with van der Waals surface area (Å²) in [4.78, 5) is 10.9. The first kappa shape index (κ1) is 11.4. The molecular formula is C8H7F3N2O2. The quantitative estimate of drug-likeness (QED) is 0.647. The molecule has 0 aromatic carbocycles. The smallest absolute Gasteiger partial charge is 0.399 e. The van der Waals surface area contributed by atoms with Gasteiger partial charge in [-0.3, -0.25) is 10.1 Å². The van der Waals surface area contributed by atoms with E-state index in [4.69, 9.17) is 10.4 Å². The Labute approximate surface area is 83.0 Å². The van der Waals surface area contributed by atoms with Crippen LogP contribution < -0.4 is 5.32 Å². The van der Waals surface area contributed by atoms with Crippen molar-refractivity contribution in [2.45, 2.75) is 19.5 Å². The third-order valence-corrected chi connectivity index (χ3v) is 2.30. The Bertz CT molecular complexity index is 380. The molecule has 82 valence electrons. The number of carbonyl (C=O) groups excluding carboxylic acids is 1. The first-order chi connectivity index (χ1) is 6.72. The van der Waals surface area contributed by atoms with Crippen molar-refractivity contribution in [3.8, 4) is 6.07 Å². The number of hydrogen-bond donors (Lipinski definition) is 2. The monoisotopic (exact) mass is 220 g/mol. The summed E-state index contributed by atoms with van der Waals surface area (Å²) in [7, 11) is 0. The Kier molecular flexibility index (Phi) is 2.39. The molecule has 1 atom stereocenters. The number of amides is 1. The predicted molar refractivity (Wildman–Crippen MR) is 42.2 cm³/mol. The van der Waals surface area contributed by atoms with Crippen LogP contribution in [0.2, 0.25) is 0 Å². The molecule has 4 nitrogen and oxygen atoms in total. The lowest BCUT2D eigenvalue weighted by Gasteiger charge is -2.34. The van der Waals surface area contributed by atoms with Gasteiger partial charge < -0.3 is 5.11 Å². The number of nitrogens with zero attached hydrogens (tertiary/aromatic N) is 1. The minimum atomic E-state index is -4.76. The summed E-state index contributed by atoms with van der Waals surface area (Å²) in [6.45, 7) is 0.709. The molecule has 1 amide bonds. The van der Waals surface area contributed by atoms with Crippen LogP contribution >= 0.6 is 0 Å². The summed E-state index contributed by atoms with van der Waals surface area (Å²) < 4.78 is 37.9. The highest BCUT2D eigenvalue weighted by Crippen LogP contribution is 2.48. The fraction of sp³-hybridized carbons (Fsp3) is 0.500. The van der Waals surface area contributed by atoms with Crippen molar-refractivity contribution in [1.29, 1.82) is 5.26 Å². The molecule has 0 unspecified atom stereocenters. The zero-order chi connectivity index (χ0) is 11.9.